The molecule has 0 bridgehead atoms. The van der Waals surface area contributed by atoms with Crippen LogP contribution in [0.5, 0.6) is 5.75 Å². The molecule has 2 aliphatic heterocycles. The minimum Gasteiger partial charge on any atom is -0.496 e. The Hall–Kier alpha value is -2.58. The number of nitrogens with zero attached hydrogens (tertiary/aromatic N) is 2. The summed E-state index contributed by atoms with van der Waals surface area (Å²) >= 11 is 0. The highest BCUT2D eigenvalue weighted by Gasteiger charge is 2.24. The van der Waals surface area contributed by atoms with E-state index in [2.05, 4.69) is 9.62 Å². The zero-order valence-corrected chi connectivity index (χ0v) is 20.1. The van der Waals surface area contributed by atoms with Gasteiger partial charge in [-0.2, -0.15) is 0 Å². The summed E-state index contributed by atoms with van der Waals surface area (Å²) in [4.78, 5) is 17.4. The van der Waals surface area contributed by atoms with E-state index in [1.807, 2.05) is 24.3 Å². The third-order valence-electron chi connectivity index (χ3n) is 6.48. The van der Waals surface area contributed by atoms with Gasteiger partial charge in [0.15, 0.2) is 0 Å². The molecule has 0 saturated carbocycles. The minimum atomic E-state index is -3.79. The molecule has 0 atom stereocenters. The Balaban J connectivity index is 1.47. The van der Waals surface area contributed by atoms with Gasteiger partial charge in [0.2, 0.25) is 10.0 Å². The zero-order valence-electron chi connectivity index (χ0n) is 19.3. The van der Waals surface area contributed by atoms with Crippen molar-refractivity contribution in [2.24, 2.45) is 0 Å². The van der Waals surface area contributed by atoms with Crippen molar-refractivity contribution in [2.45, 2.75) is 50.0 Å². The summed E-state index contributed by atoms with van der Waals surface area (Å²) in [5, 5.41) is 0. The number of carbonyl (C=O) groups excluding carboxylic acids is 1. The average molecular weight is 472 g/mol. The van der Waals surface area contributed by atoms with Crippen LogP contribution in [0.2, 0.25) is 0 Å². The molecule has 1 amide bonds. The first-order chi connectivity index (χ1) is 16.0. The SMILES string of the molecule is COc1ccc(S(=O)(=O)NCc2ccc(N3CCCC3)cc2)cc1C(=O)N1CCCCCC1. The Morgan fingerprint density at radius 1 is 0.909 bits per heavy atom. The van der Waals surface area contributed by atoms with Gasteiger partial charge in [0.1, 0.15) is 5.75 Å². The quantitative estimate of drug-likeness (QED) is 0.665. The van der Waals surface area contributed by atoms with Gasteiger partial charge in [-0.25, -0.2) is 13.1 Å². The maximum atomic E-state index is 13.2. The van der Waals surface area contributed by atoms with Crippen LogP contribution in [0.4, 0.5) is 5.69 Å². The molecule has 2 aliphatic rings. The van der Waals surface area contributed by atoms with Gasteiger partial charge < -0.3 is 14.5 Å². The Morgan fingerprint density at radius 2 is 1.55 bits per heavy atom. The number of hydrogen-bond donors (Lipinski definition) is 1. The highest BCUT2D eigenvalue weighted by molar-refractivity contribution is 7.89. The second kappa shape index (κ2) is 10.6. The Labute approximate surface area is 196 Å². The largest absolute Gasteiger partial charge is 0.496 e. The van der Waals surface area contributed by atoms with Gasteiger partial charge in [-0.3, -0.25) is 4.79 Å². The first-order valence-corrected chi connectivity index (χ1v) is 13.3. The fourth-order valence-electron chi connectivity index (χ4n) is 4.53. The molecule has 2 fully saturated rings. The second-order valence-corrected chi connectivity index (χ2v) is 10.5. The standard InChI is InChI=1S/C25H33N3O4S/c1-32-24-13-12-22(18-23(24)25(29)28-16-4-2-3-5-17-28)33(30,31)26-19-20-8-10-21(11-9-20)27-14-6-7-15-27/h8-13,18,26H,2-7,14-17,19H2,1H3. The van der Waals surface area contributed by atoms with Gasteiger partial charge >= 0.3 is 0 Å². The Bertz CT molecular complexity index is 1060. The molecule has 0 spiro atoms. The van der Waals surface area contributed by atoms with Crippen LogP contribution in [0.15, 0.2) is 47.4 Å². The fourth-order valence-corrected chi connectivity index (χ4v) is 5.57. The van der Waals surface area contributed by atoms with Crippen molar-refractivity contribution >= 4 is 21.6 Å². The number of hydrogen-bond acceptors (Lipinski definition) is 5. The lowest BCUT2D eigenvalue weighted by atomic mass is 10.1. The number of ether oxygens (including phenoxy) is 1. The maximum absolute atomic E-state index is 13.2. The lowest BCUT2D eigenvalue weighted by Crippen LogP contribution is -2.32. The Morgan fingerprint density at radius 3 is 2.18 bits per heavy atom. The van der Waals surface area contributed by atoms with E-state index < -0.39 is 10.0 Å². The number of amides is 1. The van der Waals surface area contributed by atoms with E-state index >= 15 is 0 Å². The van der Waals surface area contributed by atoms with Gasteiger partial charge in [-0.1, -0.05) is 25.0 Å². The molecule has 2 heterocycles. The van der Waals surface area contributed by atoms with E-state index in [1.54, 1.807) is 11.0 Å². The van der Waals surface area contributed by atoms with Gasteiger partial charge in [-0.05, 0) is 61.6 Å². The molecule has 33 heavy (non-hydrogen) atoms. The number of rotatable bonds is 7. The number of methoxy groups -OCH3 is 1. The lowest BCUT2D eigenvalue weighted by Gasteiger charge is -2.22. The van der Waals surface area contributed by atoms with Gasteiger partial charge in [0, 0.05) is 38.4 Å². The second-order valence-electron chi connectivity index (χ2n) is 8.75. The van der Waals surface area contributed by atoms with Crippen LogP contribution in [-0.2, 0) is 16.6 Å². The first-order valence-electron chi connectivity index (χ1n) is 11.8. The van der Waals surface area contributed by atoms with E-state index in [0.717, 1.165) is 44.3 Å². The number of benzene rings is 2. The summed E-state index contributed by atoms with van der Waals surface area (Å²) < 4.78 is 34.0. The number of anilines is 1. The molecule has 0 radical (unpaired) electrons. The monoisotopic (exact) mass is 471 g/mol. The summed E-state index contributed by atoms with van der Waals surface area (Å²) in [5.41, 5.74) is 2.35. The first kappa shape index (κ1) is 23.6. The molecule has 2 saturated heterocycles. The normalized spacial score (nSPS) is 17.1. The van der Waals surface area contributed by atoms with E-state index in [-0.39, 0.29) is 22.9 Å². The third kappa shape index (κ3) is 5.68. The maximum Gasteiger partial charge on any atom is 0.257 e. The van der Waals surface area contributed by atoms with Gasteiger partial charge in [0.25, 0.3) is 5.91 Å². The van der Waals surface area contributed by atoms with Crippen LogP contribution in [0.3, 0.4) is 0 Å². The fraction of sp³-hybridized carbons (Fsp3) is 0.480. The molecule has 178 valence electrons. The molecule has 8 heteroatoms. The molecule has 2 aromatic carbocycles. The number of nitrogens with one attached hydrogen (secondary N) is 1. The predicted octanol–water partition coefficient (Wildman–Crippen LogP) is 3.79. The van der Waals surface area contributed by atoms with Crippen molar-refractivity contribution in [1.29, 1.82) is 0 Å². The summed E-state index contributed by atoms with van der Waals surface area (Å²) in [7, 11) is -2.30. The Kier molecular flexibility index (Phi) is 7.55. The smallest absolute Gasteiger partial charge is 0.257 e. The van der Waals surface area contributed by atoms with Crippen molar-refractivity contribution < 1.29 is 17.9 Å². The van der Waals surface area contributed by atoms with Crippen LogP contribution in [0, 0.1) is 0 Å². The summed E-state index contributed by atoms with van der Waals surface area (Å²) in [6, 6.07) is 12.5. The molecule has 2 aromatic rings. The number of sulfonamides is 1. The van der Waals surface area contributed by atoms with Gasteiger partial charge in [0.05, 0.1) is 17.6 Å². The lowest BCUT2D eigenvalue weighted by molar-refractivity contribution is 0.0758. The highest BCUT2D eigenvalue weighted by Crippen LogP contribution is 2.26. The van der Waals surface area contributed by atoms with E-state index in [0.29, 0.717) is 18.8 Å². The van der Waals surface area contributed by atoms with E-state index in [1.165, 1.54) is 37.8 Å². The summed E-state index contributed by atoms with van der Waals surface area (Å²) in [6.45, 7) is 3.70. The van der Waals surface area contributed by atoms with Crippen molar-refractivity contribution in [2.75, 3.05) is 38.2 Å². The molecule has 4 rings (SSSR count). The van der Waals surface area contributed by atoms with Crippen LogP contribution in [0.1, 0.15) is 54.4 Å². The average Bonchev–Trinajstić information content (AvgIpc) is 3.24. The van der Waals surface area contributed by atoms with Gasteiger partial charge in [-0.15, -0.1) is 0 Å². The molecule has 0 unspecified atom stereocenters. The number of likely N-dealkylation sites (tertiary alicyclic amines) is 1. The van der Waals surface area contributed by atoms with Crippen molar-refractivity contribution in [3.05, 3.63) is 53.6 Å². The number of carbonyl (C=O) groups is 1. The third-order valence-corrected chi connectivity index (χ3v) is 7.88. The van der Waals surface area contributed by atoms with Crippen molar-refractivity contribution in [1.82, 2.24) is 9.62 Å². The van der Waals surface area contributed by atoms with Crippen LogP contribution in [0.25, 0.3) is 0 Å². The molecular weight excluding hydrogens is 438 g/mol. The van der Waals surface area contributed by atoms with Crippen molar-refractivity contribution in [3.8, 4) is 5.75 Å². The van der Waals surface area contributed by atoms with E-state index in [4.69, 9.17) is 4.74 Å². The van der Waals surface area contributed by atoms with Crippen LogP contribution < -0.4 is 14.4 Å². The van der Waals surface area contributed by atoms with Crippen LogP contribution in [-0.4, -0.2) is 52.5 Å². The topological polar surface area (TPSA) is 79.0 Å². The minimum absolute atomic E-state index is 0.0650. The van der Waals surface area contributed by atoms with E-state index in [9.17, 15) is 13.2 Å². The van der Waals surface area contributed by atoms with Crippen LogP contribution >= 0.6 is 0 Å². The summed E-state index contributed by atoms with van der Waals surface area (Å²) in [6.07, 6.45) is 6.57. The highest BCUT2D eigenvalue weighted by atomic mass is 32.2. The summed E-state index contributed by atoms with van der Waals surface area (Å²) in [5.74, 6) is 0.212. The zero-order chi connectivity index (χ0) is 23.3. The molecule has 0 aliphatic carbocycles. The molecule has 0 aromatic heterocycles. The molecule has 1 N–H and O–H groups in total. The molecule has 7 nitrogen and oxygen atoms in total. The molecular formula is C25H33N3O4S. The van der Waals surface area contributed by atoms with Crippen molar-refractivity contribution in [3.63, 3.8) is 0 Å². The predicted molar refractivity (Wildman–Crippen MR) is 129 cm³/mol.